The van der Waals surface area contributed by atoms with E-state index in [1.165, 1.54) is 36.0 Å². The molecule has 2 aromatic rings. The molecule has 1 aromatic carbocycles. The van der Waals surface area contributed by atoms with Crippen molar-refractivity contribution in [3.8, 4) is 5.75 Å². The smallest absolute Gasteiger partial charge is 0.115 e. The molecule has 2 atom stereocenters. The number of hydrogen-bond acceptors (Lipinski definition) is 3. The van der Waals surface area contributed by atoms with E-state index in [0.717, 1.165) is 13.0 Å². The number of hydrogen-bond donors (Lipinski definition) is 2. The lowest BCUT2D eigenvalue weighted by Crippen LogP contribution is -2.20. The normalized spacial score (nSPS) is 19.2. The van der Waals surface area contributed by atoms with Gasteiger partial charge in [-0.25, -0.2) is 0 Å². The Kier molecular flexibility index (Phi) is 4.61. The summed E-state index contributed by atoms with van der Waals surface area (Å²) in [6, 6.07) is 8.19. The van der Waals surface area contributed by atoms with Crippen molar-refractivity contribution in [2.45, 2.75) is 37.5 Å². The maximum atomic E-state index is 9.68. The molecule has 1 aromatic heterocycles. The molecule has 0 saturated heterocycles. The fraction of sp³-hybridized carbons (Fsp3) is 0.444. The van der Waals surface area contributed by atoms with Crippen molar-refractivity contribution in [1.82, 2.24) is 5.32 Å². The zero-order chi connectivity index (χ0) is 14.7. The standard InChI is InChI=1S/C18H23NOS/c1-19-11-16(15-7-8-21-12-15)9-13-3-2-4-14-10-17(20)5-6-18(13)14/h5-8,10,12-13,16,19-20H,2-4,9,11H2,1H3. The molecule has 21 heavy (non-hydrogen) atoms. The maximum absolute atomic E-state index is 9.68. The predicted molar refractivity (Wildman–Crippen MR) is 89.4 cm³/mol. The number of likely N-dealkylation sites (N-methyl/N-ethyl adjacent to an activating group) is 1. The molecule has 3 rings (SSSR count). The first-order chi connectivity index (χ1) is 10.3. The number of benzene rings is 1. The van der Waals surface area contributed by atoms with Crippen LogP contribution >= 0.6 is 11.3 Å². The molecule has 0 fully saturated rings. The second-order valence-corrected chi connectivity index (χ2v) is 6.80. The number of rotatable bonds is 5. The lowest BCUT2D eigenvalue weighted by Gasteiger charge is -2.29. The molecule has 0 radical (unpaired) electrons. The van der Waals surface area contributed by atoms with E-state index in [4.69, 9.17) is 0 Å². The van der Waals surface area contributed by atoms with Crippen molar-refractivity contribution >= 4 is 11.3 Å². The van der Waals surface area contributed by atoms with Crippen molar-refractivity contribution < 1.29 is 5.11 Å². The number of aryl methyl sites for hydroxylation is 1. The van der Waals surface area contributed by atoms with Crippen LogP contribution in [0.25, 0.3) is 0 Å². The summed E-state index contributed by atoms with van der Waals surface area (Å²) in [5.41, 5.74) is 4.26. The molecule has 0 bridgehead atoms. The van der Waals surface area contributed by atoms with Gasteiger partial charge in [0, 0.05) is 6.54 Å². The number of fused-ring (bicyclic) bond motifs is 1. The monoisotopic (exact) mass is 301 g/mol. The molecule has 1 aliphatic carbocycles. The number of phenols is 1. The van der Waals surface area contributed by atoms with E-state index in [0.29, 0.717) is 17.6 Å². The van der Waals surface area contributed by atoms with Gasteiger partial charge in [-0.15, -0.1) is 0 Å². The Hall–Kier alpha value is -1.32. The molecule has 0 amide bonds. The highest BCUT2D eigenvalue weighted by Crippen LogP contribution is 2.39. The summed E-state index contributed by atoms with van der Waals surface area (Å²) in [7, 11) is 2.03. The summed E-state index contributed by atoms with van der Waals surface area (Å²) < 4.78 is 0. The van der Waals surface area contributed by atoms with Crippen LogP contribution in [0.3, 0.4) is 0 Å². The predicted octanol–water partition coefficient (Wildman–Crippen LogP) is 4.27. The van der Waals surface area contributed by atoms with Gasteiger partial charge >= 0.3 is 0 Å². The molecular formula is C18H23NOS. The summed E-state index contributed by atoms with van der Waals surface area (Å²) in [4.78, 5) is 0. The Labute approximate surface area is 130 Å². The zero-order valence-corrected chi connectivity index (χ0v) is 13.3. The Morgan fingerprint density at radius 1 is 1.38 bits per heavy atom. The van der Waals surface area contributed by atoms with Crippen LogP contribution < -0.4 is 5.32 Å². The molecule has 0 saturated carbocycles. The highest BCUT2D eigenvalue weighted by Gasteiger charge is 2.24. The Morgan fingerprint density at radius 2 is 2.29 bits per heavy atom. The molecular weight excluding hydrogens is 278 g/mol. The minimum absolute atomic E-state index is 0.402. The van der Waals surface area contributed by atoms with Crippen LogP contribution in [0.15, 0.2) is 35.0 Å². The zero-order valence-electron chi connectivity index (χ0n) is 12.5. The fourth-order valence-electron chi connectivity index (χ4n) is 3.58. The Morgan fingerprint density at radius 3 is 3.05 bits per heavy atom. The minimum Gasteiger partial charge on any atom is -0.508 e. The van der Waals surface area contributed by atoms with Gasteiger partial charge in [0.25, 0.3) is 0 Å². The summed E-state index contributed by atoms with van der Waals surface area (Å²) in [5, 5.41) is 17.5. The van der Waals surface area contributed by atoms with Crippen molar-refractivity contribution in [3.63, 3.8) is 0 Å². The van der Waals surface area contributed by atoms with Gasteiger partial charge in [-0.2, -0.15) is 11.3 Å². The number of nitrogens with one attached hydrogen (secondary N) is 1. The third kappa shape index (κ3) is 3.30. The van der Waals surface area contributed by atoms with Gasteiger partial charge in [0.05, 0.1) is 0 Å². The molecule has 2 unspecified atom stereocenters. The minimum atomic E-state index is 0.402. The van der Waals surface area contributed by atoms with Crippen molar-refractivity contribution in [2.24, 2.45) is 0 Å². The van der Waals surface area contributed by atoms with Gasteiger partial charge in [0.2, 0.25) is 0 Å². The number of thiophene rings is 1. The van der Waals surface area contributed by atoms with Gasteiger partial charge in [-0.1, -0.05) is 6.07 Å². The van der Waals surface area contributed by atoms with E-state index in [2.05, 4.69) is 28.2 Å². The van der Waals surface area contributed by atoms with Gasteiger partial charge in [-0.3, -0.25) is 0 Å². The third-order valence-electron chi connectivity index (χ3n) is 4.60. The summed E-state index contributed by atoms with van der Waals surface area (Å²) in [6.07, 6.45) is 4.80. The maximum Gasteiger partial charge on any atom is 0.115 e. The first kappa shape index (κ1) is 14.6. The number of phenolic OH excluding ortho intramolecular Hbond substituents is 1. The van der Waals surface area contributed by atoms with E-state index in [1.54, 1.807) is 11.3 Å². The molecule has 1 aliphatic rings. The summed E-state index contributed by atoms with van der Waals surface area (Å²) in [6.45, 7) is 1.03. The first-order valence-electron chi connectivity index (χ1n) is 7.76. The molecule has 0 spiro atoms. The molecule has 2 nitrogen and oxygen atoms in total. The van der Waals surface area contributed by atoms with E-state index < -0.39 is 0 Å². The first-order valence-corrected chi connectivity index (χ1v) is 8.70. The third-order valence-corrected chi connectivity index (χ3v) is 5.30. The SMILES string of the molecule is CNCC(CC1CCCc2cc(O)ccc21)c1ccsc1. The highest BCUT2D eigenvalue weighted by molar-refractivity contribution is 7.07. The van der Waals surface area contributed by atoms with Crippen LogP contribution in [0.1, 0.15) is 47.8 Å². The molecule has 112 valence electrons. The van der Waals surface area contributed by atoms with Crippen LogP contribution in [0.5, 0.6) is 5.75 Å². The highest BCUT2D eigenvalue weighted by atomic mass is 32.1. The van der Waals surface area contributed by atoms with Crippen molar-refractivity contribution in [2.75, 3.05) is 13.6 Å². The van der Waals surface area contributed by atoms with Crippen LogP contribution in [0.2, 0.25) is 0 Å². The molecule has 2 N–H and O–H groups in total. The van der Waals surface area contributed by atoms with Gasteiger partial charge in [-0.05, 0) is 90.2 Å². The molecule has 3 heteroatoms. The van der Waals surface area contributed by atoms with Gasteiger partial charge < -0.3 is 10.4 Å². The summed E-state index contributed by atoms with van der Waals surface area (Å²) in [5.74, 6) is 1.60. The van der Waals surface area contributed by atoms with E-state index in [-0.39, 0.29) is 0 Å². The van der Waals surface area contributed by atoms with E-state index >= 15 is 0 Å². The van der Waals surface area contributed by atoms with Crippen LogP contribution in [0, 0.1) is 0 Å². The van der Waals surface area contributed by atoms with Crippen molar-refractivity contribution in [1.29, 1.82) is 0 Å². The largest absolute Gasteiger partial charge is 0.508 e. The Balaban J connectivity index is 1.81. The van der Waals surface area contributed by atoms with Crippen LogP contribution in [-0.4, -0.2) is 18.7 Å². The average molecular weight is 301 g/mol. The molecule has 1 heterocycles. The molecule has 0 aliphatic heterocycles. The summed E-state index contributed by atoms with van der Waals surface area (Å²) >= 11 is 1.78. The average Bonchev–Trinajstić information content (AvgIpc) is 3.01. The van der Waals surface area contributed by atoms with Crippen LogP contribution in [-0.2, 0) is 6.42 Å². The number of aromatic hydroxyl groups is 1. The van der Waals surface area contributed by atoms with E-state index in [1.807, 2.05) is 19.2 Å². The second-order valence-electron chi connectivity index (χ2n) is 6.02. The van der Waals surface area contributed by atoms with Gasteiger partial charge in [0.15, 0.2) is 0 Å². The Bertz CT molecular complexity index is 579. The quantitative estimate of drug-likeness (QED) is 0.864. The second kappa shape index (κ2) is 6.63. The lowest BCUT2D eigenvalue weighted by atomic mass is 9.77. The van der Waals surface area contributed by atoms with Crippen molar-refractivity contribution in [3.05, 3.63) is 51.7 Å². The van der Waals surface area contributed by atoms with Crippen LogP contribution in [0.4, 0.5) is 0 Å². The fourth-order valence-corrected chi connectivity index (χ4v) is 4.32. The topological polar surface area (TPSA) is 32.3 Å². The lowest BCUT2D eigenvalue weighted by molar-refractivity contribution is 0.452. The van der Waals surface area contributed by atoms with Gasteiger partial charge in [0.1, 0.15) is 5.75 Å². The van der Waals surface area contributed by atoms with E-state index in [9.17, 15) is 5.11 Å².